The molecule has 3 aromatic heterocycles. The van der Waals surface area contributed by atoms with Gasteiger partial charge in [0.15, 0.2) is 5.82 Å². The Hall–Kier alpha value is -3.96. The predicted molar refractivity (Wildman–Crippen MR) is 136 cm³/mol. The van der Waals surface area contributed by atoms with Crippen LogP contribution in [0.4, 0.5) is 45.4 Å². The van der Waals surface area contributed by atoms with Crippen LogP contribution in [0.5, 0.6) is 0 Å². The maximum atomic E-state index is 13.6. The van der Waals surface area contributed by atoms with Crippen molar-refractivity contribution in [3.8, 4) is 11.3 Å². The molecule has 2 aliphatic rings. The number of alkyl halides is 3. The third-order valence-electron chi connectivity index (χ3n) is 7.01. The van der Waals surface area contributed by atoms with Crippen molar-refractivity contribution in [1.29, 1.82) is 0 Å². The molecule has 1 aliphatic heterocycles. The minimum Gasteiger partial charge on any atom is -0.396 e. The lowest BCUT2D eigenvalue weighted by Crippen LogP contribution is -2.43. The molecular weight excluding hydrogens is 502 g/mol. The lowest BCUT2D eigenvalue weighted by molar-refractivity contribution is -0.168. The number of carbonyl (C=O) groups is 1. The summed E-state index contributed by atoms with van der Waals surface area (Å²) in [7, 11) is 0. The third kappa shape index (κ3) is 5.48. The van der Waals surface area contributed by atoms with Crippen molar-refractivity contribution in [3.05, 3.63) is 54.7 Å². The first-order valence-electron chi connectivity index (χ1n) is 12.4. The van der Waals surface area contributed by atoms with Crippen molar-refractivity contribution < 1.29 is 22.4 Å². The van der Waals surface area contributed by atoms with Gasteiger partial charge in [-0.25, -0.2) is 19.2 Å². The van der Waals surface area contributed by atoms with Crippen molar-refractivity contribution in [3.63, 3.8) is 0 Å². The topological polar surface area (TPSA) is 100 Å². The predicted octanol–water partition coefficient (Wildman–Crippen LogP) is 5.63. The highest BCUT2D eigenvalue weighted by Gasteiger charge is 2.43. The standard InChI is InChI=1S/C26H27F4N7O/c27-18-12-19(14-32-13-18)34-25(38)37(20-3-1-2-4-20)24-21(31)5-6-22(35-24)16-7-9-33-23(11-16)36-10-8-17(15-36)26(28,29)30/h5-7,9,11-14,17,20H,1-4,8,10,15,31H2,(H,34,38). The highest BCUT2D eigenvalue weighted by atomic mass is 19.4. The number of nitrogens with one attached hydrogen (secondary N) is 1. The van der Waals surface area contributed by atoms with Gasteiger partial charge in [0.05, 0.1) is 35.4 Å². The summed E-state index contributed by atoms with van der Waals surface area (Å²) in [5.74, 6) is -1.28. The number of nitrogen functional groups attached to an aromatic ring is 1. The molecule has 38 heavy (non-hydrogen) atoms. The van der Waals surface area contributed by atoms with E-state index in [0.29, 0.717) is 17.1 Å². The molecular formula is C26H27F4N7O. The Morgan fingerprint density at radius 1 is 1.11 bits per heavy atom. The Labute approximate surface area is 216 Å². The van der Waals surface area contributed by atoms with Crippen LogP contribution < -0.4 is 20.9 Å². The highest BCUT2D eigenvalue weighted by Crippen LogP contribution is 2.37. The van der Waals surface area contributed by atoms with Crippen LogP contribution in [0, 0.1) is 11.7 Å². The van der Waals surface area contributed by atoms with Crippen molar-refractivity contribution >= 4 is 29.0 Å². The monoisotopic (exact) mass is 529 g/mol. The van der Waals surface area contributed by atoms with E-state index in [1.54, 1.807) is 29.2 Å². The number of nitrogens with zero attached hydrogens (tertiary/aromatic N) is 5. The number of amides is 2. The molecule has 0 spiro atoms. The molecule has 1 unspecified atom stereocenters. The Bertz CT molecular complexity index is 1310. The minimum atomic E-state index is -4.24. The molecule has 0 radical (unpaired) electrons. The molecule has 1 atom stereocenters. The molecule has 3 N–H and O–H groups in total. The van der Waals surface area contributed by atoms with E-state index in [-0.39, 0.29) is 42.7 Å². The fraction of sp³-hybridized carbons (Fsp3) is 0.385. The quantitative estimate of drug-likeness (QED) is 0.416. The smallest absolute Gasteiger partial charge is 0.393 e. The van der Waals surface area contributed by atoms with Gasteiger partial charge in [0.2, 0.25) is 0 Å². The average molecular weight is 530 g/mol. The van der Waals surface area contributed by atoms with E-state index in [2.05, 4.69) is 15.3 Å². The van der Waals surface area contributed by atoms with Gasteiger partial charge in [-0.05, 0) is 43.5 Å². The molecule has 2 amide bonds. The molecule has 3 aromatic rings. The van der Waals surface area contributed by atoms with Crippen LogP contribution in [0.15, 0.2) is 48.9 Å². The number of anilines is 4. The van der Waals surface area contributed by atoms with E-state index >= 15 is 0 Å². The van der Waals surface area contributed by atoms with Crippen LogP contribution in [-0.2, 0) is 0 Å². The zero-order valence-electron chi connectivity index (χ0n) is 20.5. The summed E-state index contributed by atoms with van der Waals surface area (Å²) in [5, 5.41) is 2.69. The summed E-state index contributed by atoms with van der Waals surface area (Å²) < 4.78 is 53.2. The molecule has 0 aromatic carbocycles. The van der Waals surface area contributed by atoms with Crippen LogP contribution in [0.1, 0.15) is 32.1 Å². The summed E-state index contributed by atoms with van der Waals surface area (Å²) in [5.41, 5.74) is 7.91. The average Bonchev–Trinajstić information content (AvgIpc) is 3.58. The molecule has 8 nitrogen and oxygen atoms in total. The van der Waals surface area contributed by atoms with Crippen molar-refractivity contribution in [2.75, 3.05) is 33.9 Å². The molecule has 1 saturated heterocycles. The first kappa shape index (κ1) is 25.7. The largest absolute Gasteiger partial charge is 0.396 e. The fourth-order valence-corrected chi connectivity index (χ4v) is 5.06. The Kier molecular flexibility index (Phi) is 7.04. The molecule has 1 aliphatic carbocycles. The Morgan fingerprint density at radius 2 is 1.89 bits per heavy atom. The second-order valence-electron chi connectivity index (χ2n) is 9.62. The number of hydrogen-bond donors (Lipinski definition) is 2. The van der Waals surface area contributed by atoms with Gasteiger partial charge in [0.1, 0.15) is 11.6 Å². The van der Waals surface area contributed by atoms with Crippen LogP contribution in [0.2, 0.25) is 0 Å². The lowest BCUT2D eigenvalue weighted by Gasteiger charge is -2.29. The van der Waals surface area contributed by atoms with Gasteiger partial charge >= 0.3 is 12.2 Å². The lowest BCUT2D eigenvalue weighted by atomic mass is 10.1. The zero-order valence-corrected chi connectivity index (χ0v) is 20.5. The normalized spacial score (nSPS) is 18.1. The summed E-state index contributed by atoms with van der Waals surface area (Å²) >= 11 is 0. The first-order chi connectivity index (χ1) is 18.2. The number of hydrogen-bond acceptors (Lipinski definition) is 6. The molecule has 2 fully saturated rings. The van der Waals surface area contributed by atoms with Crippen LogP contribution in [-0.4, -0.2) is 46.3 Å². The molecule has 1 saturated carbocycles. The maximum Gasteiger partial charge on any atom is 0.393 e. The summed E-state index contributed by atoms with van der Waals surface area (Å²) in [6.45, 7) is 0.108. The SMILES string of the molecule is Nc1ccc(-c2ccnc(N3CCC(C(F)(F)F)C3)c2)nc1N(C(=O)Nc1cncc(F)c1)C1CCCC1. The van der Waals surface area contributed by atoms with Gasteiger partial charge in [-0.15, -0.1) is 0 Å². The molecule has 0 bridgehead atoms. The molecule has 5 rings (SSSR count). The number of aromatic nitrogens is 3. The van der Waals surface area contributed by atoms with E-state index in [4.69, 9.17) is 10.7 Å². The molecule has 12 heteroatoms. The summed E-state index contributed by atoms with van der Waals surface area (Å²) in [4.78, 5) is 29.3. The summed E-state index contributed by atoms with van der Waals surface area (Å²) in [6.07, 6.45) is 3.10. The first-order valence-corrected chi connectivity index (χ1v) is 12.4. The van der Waals surface area contributed by atoms with Crippen LogP contribution in [0.25, 0.3) is 11.3 Å². The summed E-state index contributed by atoms with van der Waals surface area (Å²) in [6, 6.07) is 7.25. The van der Waals surface area contributed by atoms with Crippen molar-refractivity contribution in [2.24, 2.45) is 5.92 Å². The van der Waals surface area contributed by atoms with Crippen LogP contribution >= 0.6 is 0 Å². The number of carbonyl (C=O) groups excluding carboxylic acids is 1. The Morgan fingerprint density at radius 3 is 2.61 bits per heavy atom. The van der Waals surface area contributed by atoms with Gasteiger partial charge in [-0.3, -0.25) is 9.88 Å². The van der Waals surface area contributed by atoms with Gasteiger partial charge in [-0.2, -0.15) is 13.2 Å². The maximum absolute atomic E-state index is 13.6. The second-order valence-corrected chi connectivity index (χ2v) is 9.62. The molecule has 4 heterocycles. The minimum absolute atomic E-state index is 0.0198. The molecule has 200 valence electrons. The van der Waals surface area contributed by atoms with E-state index in [9.17, 15) is 22.4 Å². The van der Waals surface area contributed by atoms with Crippen molar-refractivity contribution in [2.45, 2.75) is 44.3 Å². The highest BCUT2D eigenvalue weighted by molar-refractivity contribution is 6.03. The van der Waals surface area contributed by atoms with Crippen molar-refractivity contribution in [1.82, 2.24) is 15.0 Å². The zero-order chi connectivity index (χ0) is 26.9. The van der Waals surface area contributed by atoms with Crippen LogP contribution in [0.3, 0.4) is 0 Å². The van der Waals surface area contributed by atoms with E-state index in [1.807, 2.05) is 0 Å². The van der Waals surface area contributed by atoms with E-state index in [0.717, 1.165) is 31.9 Å². The van der Waals surface area contributed by atoms with E-state index in [1.165, 1.54) is 23.4 Å². The van der Waals surface area contributed by atoms with Gasteiger partial charge in [0, 0.05) is 37.0 Å². The number of nitrogens with two attached hydrogens (primary N) is 1. The number of pyridine rings is 3. The second kappa shape index (κ2) is 10.4. The number of rotatable bonds is 5. The number of urea groups is 1. The van der Waals surface area contributed by atoms with Gasteiger partial charge in [0.25, 0.3) is 0 Å². The fourth-order valence-electron chi connectivity index (χ4n) is 5.06. The Balaban J connectivity index is 1.44. The third-order valence-corrected chi connectivity index (χ3v) is 7.01. The van der Waals surface area contributed by atoms with Gasteiger partial charge < -0.3 is 16.0 Å². The van der Waals surface area contributed by atoms with Gasteiger partial charge in [-0.1, -0.05) is 12.8 Å². The number of halogens is 4. The van der Waals surface area contributed by atoms with E-state index < -0.39 is 23.9 Å².